The molecule has 0 fully saturated rings. The first-order chi connectivity index (χ1) is 13.1. The van der Waals surface area contributed by atoms with Gasteiger partial charge in [0, 0.05) is 20.3 Å². The van der Waals surface area contributed by atoms with Crippen molar-refractivity contribution in [3.05, 3.63) is 67.8 Å². The number of hydrogen-bond donors (Lipinski definition) is 2. The highest BCUT2D eigenvalue weighted by atomic mass is 35.5. The van der Waals surface area contributed by atoms with Gasteiger partial charge in [0.15, 0.2) is 5.13 Å². The van der Waals surface area contributed by atoms with Crippen LogP contribution in [-0.2, 0) is 17.8 Å². The second kappa shape index (κ2) is 7.80. The van der Waals surface area contributed by atoms with Crippen LogP contribution in [0.15, 0.2) is 41.8 Å². The molecular formula is C19H16ClN3O2S2. The number of nitrogens with zero attached hydrogens (tertiary/aromatic N) is 1. The molecule has 8 heteroatoms. The van der Waals surface area contributed by atoms with Crippen LogP contribution in [-0.4, -0.2) is 16.8 Å². The van der Waals surface area contributed by atoms with Crippen LogP contribution in [0.3, 0.4) is 0 Å². The van der Waals surface area contributed by atoms with Crippen molar-refractivity contribution in [2.45, 2.75) is 25.3 Å². The zero-order valence-corrected chi connectivity index (χ0v) is 16.6. The zero-order valence-electron chi connectivity index (χ0n) is 14.2. The minimum absolute atomic E-state index is 0.0111. The van der Waals surface area contributed by atoms with E-state index in [1.807, 2.05) is 17.5 Å². The van der Waals surface area contributed by atoms with Crippen molar-refractivity contribution in [2.75, 3.05) is 5.32 Å². The van der Waals surface area contributed by atoms with Gasteiger partial charge < -0.3 is 5.32 Å². The van der Waals surface area contributed by atoms with Crippen LogP contribution in [0.4, 0.5) is 5.13 Å². The third kappa shape index (κ3) is 4.05. The maximum absolute atomic E-state index is 12.5. The number of carbonyl (C=O) groups excluding carboxylic acids is 2. The number of fused-ring (bicyclic) bond motifs is 1. The molecule has 2 amide bonds. The Kier molecular flexibility index (Phi) is 5.24. The van der Waals surface area contributed by atoms with Gasteiger partial charge in [0.2, 0.25) is 5.91 Å². The van der Waals surface area contributed by atoms with Gasteiger partial charge in [-0.25, -0.2) is 4.98 Å². The summed E-state index contributed by atoms with van der Waals surface area (Å²) in [6.45, 7) is 0.534. The highest BCUT2D eigenvalue weighted by Crippen LogP contribution is 2.38. The van der Waals surface area contributed by atoms with Crippen molar-refractivity contribution < 1.29 is 9.59 Å². The largest absolute Gasteiger partial charge is 0.351 e. The fraction of sp³-hybridized carbons (Fsp3) is 0.211. The highest BCUT2D eigenvalue weighted by molar-refractivity contribution is 7.16. The van der Waals surface area contributed by atoms with Gasteiger partial charge in [0.1, 0.15) is 0 Å². The number of aromatic nitrogens is 1. The smallest absolute Gasteiger partial charge is 0.257 e. The number of thiazole rings is 1. The van der Waals surface area contributed by atoms with Gasteiger partial charge in [-0.15, -0.1) is 22.7 Å². The number of aryl methyl sites for hydroxylation is 1. The summed E-state index contributed by atoms with van der Waals surface area (Å²) in [5.41, 5.74) is 1.30. The lowest BCUT2D eigenvalue weighted by molar-refractivity contribution is -0.122. The highest BCUT2D eigenvalue weighted by Gasteiger charge is 2.32. The fourth-order valence-electron chi connectivity index (χ4n) is 3.02. The summed E-state index contributed by atoms with van der Waals surface area (Å²) < 4.78 is 0. The van der Waals surface area contributed by atoms with E-state index in [1.54, 1.807) is 35.6 Å². The van der Waals surface area contributed by atoms with Crippen LogP contribution in [0.5, 0.6) is 0 Å². The monoisotopic (exact) mass is 417 g/mol. The molecule has 0 bridgehead atoms. The fourth-order valence-corrected chi connectivity index (χ4v) is 4.82. The summed E-state index contributed by atoms with van der Waals surface area (Å²) >= 11 is 8.91. The molecule has 1 aromatic carbocycles. The number of thiophene rings is 1. The van der Waals surface area contributed by atoms with E-state index in [4.69, 9.17) is 11.6 Å². The number of amides is 2. The van der Waals surface area contributed by atoms with Gasteiger partial charge in [-0.2, -0.15) is 0 Å². The summed E-state index contributed by atoms with van der Waals surface area (Å²) in [5, 5.41) is 8.90. The van der Waals surface area contributed by atoms with Crippen LogP contribution in [0.2, 0.25) is 5.02 Å². The maximum Gasteiger partial charge on any atom is 0.257 e. The van der Waals surface area contributed by atoms with E-state index in [9.17, 15) is 9.59 Å². The van der Waals surface area contributed by atoms with E-state index in [0.29, 0.717) is 22.3 Å². The second-order valence-corrected chi connectivity index (χ2v) is 8.73. The quantitative estimate of drug-likeness (QED) is 0.644. The molecule has 1 atom stereocenters. The van der Waals surface area contributed by atoms with Crippen LogP contribution in [0, 0.1) is 0 Å². The molecule has 138 valence electrons. The van der Waals surface area contributed by atoms with Crippen molar-refractivity contribution in [1.82, 2.24) is 10.3 Å². The van der Waals surface area contributed by atoms with E-state index in [2.05, 4.69) is 15.6 Å². The number of rotatable bonds is 5. The molecule has 27 heavy (non-hydrogen) atoms. The molecule has 4 rings (SSSR count). The van der Waals surface area contributed by atoms with Gasteiger partial charge in [0.25, 0.3) is 5.91 Å². The molecule has 0 radical (unpaired) electrons. The number of anilines is 1. The molecule has 0 saturated carbocycles. The first kappa shape index (κ1) is 18.2. The topological polar surface area (TPSA) is 71.1 Å². The summed E-state index contributed by atoms with van der Waals surface area (Å²) in [5.74, 6) is -0.502. The first-order valence-electron chi connectivity index (χ1n) is 8.47. The Morgan fingerprint density at radius 3 is 2.78 bits per heavy atom. The minimum atomic E-state index is -0.252. The summed E-state index contributed by atoms with van der Waals surface area (Å²) in [7, 11) is 0. The molecule has 1 aliphatic carbocycles. The van der Waals surface area contributed by atoms with E-state index in [-0.39, 0.29) is 17.7 Å². The van der Waals surface area contributed by atoms with Crippen LogP contribution in [0.25, 0.3) is 0 Å². The van der Waals surface area contributed by atoms with Crippen LogP contribution >= 0.6 is 34.3 Å². The van der Waals surface area contributed by atoms with Crippen LogP contribution in [0.1, 0.15) is 38.1 Å². The van der Waals surface area contributed by atoms with Crippen molar-refractivity contribution in [2.24, 2.45) is 0 Å². The average Bonchev–Trinajstić information content (AvgIpc) is 3.37. The molecule has 2 aromatic heterocycles. The maximum atomic E-state index is 12.5. The lowest BCUT2D eigenvalue weighted by Crippen LogP contribution is -2.27. The molecule has 0 saturated heterocycles. The second-order valence-electron chi connectivity index (χ2n) is 6.18. The van der Waals surface area contributed by atoms with E-state index < -0.39 is 0 Å². The summed E-state index contributed by atoms with van der Waals surface area (Å²) in [6.07, 6.45) is 1.57. The molecule has 0 spiro atoms. The van der Waals surface area contributed by atoms with Gasteiger partial charge in [-0.05, 0) is 48.6 Å². The number of halogens is 1. The predicted molar refractivity (Wildman–Crippen MR) is 109 cm³/mol. The van der Waals surface area contributed by atoms with Crippen LogP contribution < -0.4 is 10.6 Å². The summed E-state index contributed by atoms with van der Waals surface area (Å²) in [4.78, 5) is 31.6. The predicted octanol–water partition coefficient (Wildman–Crippen LogP) is 4.46. The third-order valence-corrected chi connectivity index (χ3v) is 6.55. The lowest BCUT2D eigenvalue weighted by Gasteiger charge is -2.10. The summed E-state index contributed by atoms with van der Waals surface area (Å²) in [6, 6.07) is 10.6. The van der Waals surface area contributed by atoms with E-state index in [1.165, 1.54) is 11.3 Å². The van der Waals surface area contributed by atoms with Crippen molar-refractivity contribution in [3.63, 3.8) is 0 Å². The molecule has 1 aliphatic rings. The molecule has 1 unspecified atom stereocenters. The SMILES string of the molecule is O=C(Nc1nc2c(s1)CCC2C(=O)NCc1cccs1)c1ccc(Cl)cc1. The van der Waals surface area contributed by atoms with Crippen molar-refractivity contribution in [3.8, 4) is 0 Å². The minimum Gasteiger partial charge on any atom is -0.351 e. The Morgan fingerprint density at radius 2 is 2.04 bits per heavy atom. The number of nitrogens with one attached hydrogen (secondary N) is 2. The van der Waals surface area contributed by atoms with Gasteiger partial charge in [-0.1, -0.05) is 17.7 Å². The Balaban J connectivity index is 1.42. The Morgan fingerprint density at radius 1 is 1.22 bits per heavy atom. The lowest BCUT2D eigenvalue weighted by atomic mass is 10.1. The Labute approximate surface area is 169 Å². The van der Waals surface area contributed by atoms with Gasteiger partial charge in [0.05, 0.1) is 18.2 Å². The number of carbonyl (C=O) groups is 2. The normalized spacial score (nSPS) is 15.4. The molecule has 3 aromatic rings. The Hall–Kier alpha value is -2.22. The molecule has 5 nitrogen and oxygen atoms in total. The van der Waals surface area contributed by atoms with Crippen molar-refractivity contribution >= 4 is 51.2 Å². The van der Waals surface area contributed by atoms with Gasteiger partial charge in [-0.3, -0.25) is 14.9 Å². The zero-order chi connectivity index (χ0) is 18.8. The average molecular weight is 418 g/mol. The number of hydrogen-bond acceptors (Lipinski definition) is 5. The Bertz CT molecular complexity index is 968. The van der Waals surface area contributed by atoms with E-state index in [0.717, 1.165) is 28.3 Å². The number of benzene rings is 1. The van der Waals surface area contributed by atoms with Gasteiger partial charge >= 0.3 is 0 Å². The molecule has 2 heterocycles. The first-order valence-corrected chi connectivity index (χ1v) is 10.5. The molecule has 0 aliphatic heterocycles. The van der Waals surface area contributed by atoms with E-state index >= 15 is 0 Å². The molecular weight excluding hydrogens is 402 g/mol. The standard InChI is InChI=1S/C19H16ClN3O2S2/c20-12-5-3-11(4-6-12)17(24)23-19-22-16-14(7-8-15(16)27-19)18(25)21-10-13-2-1-9-26-13/h1-6,9,14H,7-8,10H2,(H,21,25)(H,22,23,24). The molecule has 2 N–H and O–H groups in total. The van der Waals surface area contributed by atoms with Crippen molar-refractivity contribution in [1.29, 1.82) is 0 Å². The third-order valence-electron chi connectivity index (χ3n) is 4.38.